The van der Waals surface area contributed by atoms with Crippen LogP contribution in [0.5, 0.6) is 0 Å². The Bertz CT molecular complexity index is 332. The van der Waals surface area contributed by atoms with Crippen molar-refractivity contribution in [2.75, 3.05) is 13.1 Å². The monoisotopic (exact) mass is 272 g/mol. The molecule has 110 valence electrons. The average Bonchev–Trinajstić information content (AvgIpc) is 2.27. The topological polar surface area (TPSA) is 89.9 Å². The van der Waals surface area contributed by atoms with Gasteiger partial charge in [0.25, 0.3) is 0 Å². The van der Waals surface area contributed by atoms with Gasteiger partial charge >= 0.3 is 12.0 Å². The SMILES string of the molecule is CC(C)C[C@H](NC(=O)N1CCC(C)(O)CC1)C(=O)O. The zero-order valence-electron chi connectivity index (χ0n) is 11.8. The molecule has 0 aromatic rings. The standard InChI is InChI=1S/C13H24N2O4/c1-9(2)8-10(11(16)17)14-12(18)15-6-4-13(3,19)5-7-15/h9-10,19H,4-8H2,1-3H3,(H,14,18)(H,16,17)/t10-/m0/s1. The fourth-order valence-corrected chi connectivity index (χ4v) is 2.12. The molecule has 0 bridgehead atoms. The molecule has 6 nitrogen and oxygen atoms in total. The molecule has 0 aliphatic carbocycles. The van der Waals surface area contributed by atoms with Gasteiger partial charge in [-0.25, -0.2) is 9.59 Å². The highest BCUT2D eigenvalue weighted by molar-refractivity contribution is 5.82. The molecule has 1 heterocycles. The summed E-state index contributed by atoms with van der Waals surface area (Å²) in [6.07, 6.45) is 1.44. The summed E-state index contributed by atoms with van der Waals surface area (Å²) in [5.41, 5.74) is -0.721. The van der Waals surface area contributed by atoms with Crippen molar-refractivity contribution in [2.24, 2.45) is 5.92 Å². The van der Waals surface area contributed by atoms with Gasteiger partial charge in [0, 0.05) is 13.1 Å². The van der Waals surface area contributed by atoms with Gasteiger partial charge in [0.05, 0.1) is 5.60 Å². The van der Waals surface area contributed by atoms with Gasteiger partial charge in [-0.2, -0.15) is 0 Å². The number of carbonyl (C=O) groups excluding carboxylic acids is 1. The Morgan fingerprint density at radius 2 is 1.84 bits per heavy atom. The lowest BCUT2D eigenvalue weighted by atomic mass is 9.94. The molecule has 6 heteroatoms. The van der Waals surface area contributed by atoms with Crippen LogP contribution in [0.4, 0.5) is 4.79 Å². The third-order valence-corrected chi connectivity index (χ3v) is 3.43. The normalized spacial score (nSPS) is 20.2. The maximum atomic E-state index is 12.0. The number of aliphatic hydroxyl groups is 1. The van der Waals surface area contributed by atoms with E-state index >= 15 is 0 Å². The summed E-state index contributed by atoms with van der Waals surface area (Å²) in [4.78, 5) is 24.6. The van der Waals surface area contributed by atoms with Crippen LogP contribution in [-0.2, 0) is 4.79 Å². The van der Waals surface area contributed by atoms with Crippen molar-refractivity contribution in [3.05, 3.63) is 0 Å². The first-order valence-corrected chi connectivity index (χ1v) is 6.72. The number of nitrogens with one attached hydrogen (secondary N) is 1. The number of rotatable bonds is 4. The van der Waals surface area contributed by atoms with Crippen LogP contribution in [0, 0.1) is 5.92 Å². The molecule has 1 fully saturated rings. The van der Waals surface area contributed by atoms with Crippen LogP contribution in [0.1, 0.15) is 40.0 Å². The number of carbonyl (C=O) groups is 2. The molecule has 1 aliphatic heterocycles. The van der Waals surface area contributed by atoms with Crippen LogP contribution in [0.2, 0.25) is 0 Å². The van der Waals surface area contributed by atoms with E-state index in [-0.39, 0.29) is 11.9 Å². The van der Waals surface area contributed by atoms with Crippen LogP contribution < -0.4 is 5.32 Å². The number of carboxylic acids is 1. The predicted octanol–water partition coefficient (Wildman–Crippen LogP) is 1.04. The van der Waals surface area contributed by atoms with Crippen molar-refractivity contribution in [1.82, 2.24) is 10.2 Å². The summed E-state index contributed by atoms with van der Waals surface area (Å²) in [5.74, 6) is -0.811. The summed E-state index contributed by atoms with van der Waals surface area (Å²) < 4.78 is 0. The van der Waals surface area contributed by atoms with E-state index < -0.39 is 17.6 Å². The minimum Gasteiger partial charge on any atom is -0.480 e. The van der Waals surface area contributed by atoms with Gasteiger partial charge < -0.3 is 20.4 Å². The van der Waals surface area contributed by atoms with Crippen LogP contribution in [0.25, 0.3) is 0 Å². The average molecular weight is 272 g/mol. The van der Waals surface area contributed by atoms with Crippen molar-refractivity contribution in [2.45, 2.75) is 51.7 Å². The number of likely N-dealkylation sites (tertiary alicyclic amines) is 1. The molecule has 1 saturated heterocycles. The lowest BCUT2D eigenvalue weighted by Gasteiger charge is -2.36. The minimum absolute atomic E-state index is 0.198. The third kappa shape index (κ3) is 5.06. The molecule has 0 saturated carbocycles. The lowest BCUT2D eigenvalue weighted by molar-refractivity contribution is -0.139. The van der Waals surface area contributed by atoms with Gasteiger partial charge in [0.15, 0.2) is 0 Å². The van der Waals surface area contributed by atoms with Crippen molar-refractivity contribution >= 4 is 12.0 Å². The van der Waals surface area contributed by atoms with E-state index in [4.69, 9.17) is 5.11 Å². The Morgan fingerprint density at radius 3 is 2.26 bits per heavy atom. The number of hydrogen-bond donors (Lipinski definition) is 3. The van der Waals surface area contributed by atoms with Crippen LogP contribution >= 0.6 is 0 Å². The van der Waals surface area contributed by atoms with Crippen LogP contribution in [0.15, 0.2) is 0 Å². The van der Waals surface area contributed by atoms with E-state index in [1.807, 2.05) is 13.8 Å². The Balaban J connectivity index is 2.51. The summed E-state index contributed by atoms with van der Waals surface area (Å²) in [6.45, 7) is 6.49. The number of hydrogen-bond acceptors (Lipinski definition) is 3. The molecule has 2 amide bonds. The van der Waals surface area contributed by atoms with Crippen molar-refractivity contribution < 1.29 is 19.8 Å². The van der Waals surface area contributed by atoms with Crippen LogP contribution in [-0.4, -0.2) is 51.8 Å². The molecule has 1 atom stereocenters. The molecule has 0 aromatic carbocycles. The first kappa shape index (κ1) is 15.8. The fraction of sp³-hybridized carbons (Fsp3) is 0.846. The number of urea groups is 1. The molecule has 0 spiro atoms. The fourth-order valence-electron chi connectivity index (χ4n) is 2.12. The first-order valence-electron chi connectivity index (χ1n) is 6.72. The molecular weight excluding hydrogens is 248 g/mol. The molecule has 19 heavy (non-hydrogen) atoms. The van der Waals surface area contributed by atoms with Gasteiger partial charge in [-0.3, -0.25) is 0 Å². The summed E-state index contributed by atoms with van der Waals surface area (Å²) >= 11 is 0. The van der Waals surface area contributed by atoms with Gasteiger partial charge in [0.2, 0.25) is 0 Å². The number of nitrogens with zero attached hydrogens (tertiary/aromatic N) is 1. The second kappa shape index (κ2) is 6.23. The Kier molecular flexibility index (Phi) is 5.17. The zero-order valence-corrected chi connectivity index (χ0v) is 11.8. The summed E-state index contributed by atoms with van der Waals surface area (Å²) in [5, 5.41) is 21.4. The van der Waals surface area contributed by atoms with E-state index in [1.54, 1.807) is 11.8 Å². The highest BCUT2D eigenvalue weighted by atomic mass is 16.4. The van der Waals surface area contributed by atoms with Crippen molar-refractivity contribution in [3.63, 3.8) is 0 Å². The molecule has 0 radical (unpaired) electrons. The zero-order chi connectivity index (χ0) is 14.6. The van der Waals surface area contributed by atoms with E-state index in [2.05, 4.69) is 5.32 Å². The maximum Gasteiger partial charge on any atom is 0.326 e. The van der Waals surface area contributed by atoms with Gasteiger partial charge in [-0.1, -0.05) is 13.8 Å². The smallest absolute Gasteiger partial charge is 0.326 e. The second-order valence-electron chi connectivity index (χ2n) is 5.95. The number of carboxylic acid groups (broad SMARTS) is 1. The molecular formula is C13H24N2O4. The molecule has 3 N–H and O–H groups in total. The highest BCUT2D eigenvalue weighted by Crippen LogP contribution is 2.21. The molecule has 1 aliphatic rings. The molecule has 0 unspecified atom stereocenters. The van der Waals surface area contributed by atoms with Crippen LogP contribution in [0.3, 0.4) is 0 Å². The summed E-state index contributed by atoms with van der Waals surface area (Å²) in [6, 6.07) is -1.21. The van der Waals surface area contributed by atoms with Gasteiger partial charge in [-0.05, 0) is 32.1 Å². The molecule has 1 rings (SSSR count). The van der Waals surface area contributed by atoms with Crippen molar-refractivity contribution in [1.29, 1.82) is 0 Å². The van der Waals surface area contributed by atoms with Gasteiger partial charge in [-0.15, -0.1) is 0 Å². The van der Waals surface area contributed by atoms with E-state index in [0.29, 0.717) is 32.4 Å². The Morgan fingerprint density at radius 1 is 1.32 bits per heavy atom. The molecule has 0 aromatic heterocycles. The van der Waals surface area contributed by atoms with Crippen molar-refractivity contribution in [3.8, 4) is 0 Å². The van der Waals surface area contributed by atoms with E-state index in [0.717, 1.165) is 0 Å². The predicted molar refractivity (Wildman–Crippen MR) is 70.8 cm³/mol. The first-order chi connectivity index (χ1) is 8.71. The summed E-state index contributed by atoms with van der Waals surface area (Å²) in [7, 11) is 0. The number of aliphatic carboxylic acids is 1. The lowest BCUT2D eigenvalue weighted by Crippen LogP contribution is -2.52. The largest absolute Gasteiger partial charge is 0.480 e. The third-order valence-electron chi connectivity index (χ3n) is 3.43. The number of amides is 2. The van der Waals surface area contributed by atoms with Gasteiger partial charge in [0.1, 0.15) is 6.04 Å². The quantitative estimate of drug-likeness (QED) is 0.713. The maximum absolute atomic E-state index is 12.0. The Hall–Kier alpha value is -1.30. The Labute approximate surface area is 113 Å². The number of piperidine rings is 1. The minimum atomic E-state index is -1.01. The van der Waals surface area contributed by atoms with E-state index in [1.165, 1.54) is 0 Å². The second-order valence-corrected chi connectivity index (χ2v) is 5.95. The highest BCUT2D eigenvalue weighted by Gasteiger charge is 2.31. The van der Waals surface area contributed by atoms with E-state index in [9.17, 15) is 14.7 Å².